The van der Waals surface area contributed by atoms with Crippen LogP contribution >= 0.6 is 21.6 Å². The summed E-state index contributed by atoms with van der Waals surface area (Å²) in [5.74, 6) is 6.09. The maximum absolute atomic E-state index is 14.0. The Bertz CT molecular complexity index is 1020. The molecule has 0 saturated carbocycles. The molecule has 1 fully saturated rings. The number of nitrogen functional groups attached to an aromatic ring is 1. The van der Waals surface area contributed by atoms with Gasteiger partial charge in [-0.15, -0.1) is 0 Å². The molecule has 2 heterocycles. The first-order valence-corrected chi connectivity index (χ1v) is 14.3. The van der Waals surface area contributed by atoms with Gasteiger partial charge in [-0.05, 0) is 17.5 Å². The van der Waals surface area contributed by atoms with Crippen LogP contribution in [0.5, 0.6) is 0 Å². The summed E-state index contributed by atoms with van der Waals surface area (Å²) < 4.78 is 27.9. The summed E-state index contributed by atoms with van der Waals surface area (Å²) in [5, 5.41) is 19.9. The third-order valence-corrected chi connectivity index (χ3v) is 8.25. The number of benzene rings is 1. The van der Waals surface area contributed by atoms with E-state index < -0.39 is 24.0 Å². The fourth-order valence-corrected chi connectivity index (χ4v) is 5.91. The van der Waals surface area contributed by atoms with Gasteiger partial charge in [0.25, 0.3) is 5.92 Å². The van der Waals surface area contributed by atoms with Gasteiger partial charge < -0.3 is 20.8 Å². The van der Waals surface area contributed by atoms with Crippen LogP contribution in [0.2, 0.25) is 0 Å². The van der Waals surface area contributed by atoms with Crippen molar-refractivity contribution in [2.24, 2.45) is 5.84 Å². The molecule has 1 aromatic carbocycles. The number of aliphatic hydroxyl groups excluding tert-OH is 2. The molecule has 36 heavy (non-hydrogen) atoms. The second-order valence-corrected chi connectivity index (χ2v) is 12.6. The largest absolute Gasteiger partial charge is 0.394 e. The fourth-order valence-electron chi connectivity index (χ4n) is 3.76. The van der Waals surface area contributed by atoms with Gasteiger partial charge in [0.2, 0.25) is 0 Å². The van der Waals surface area contributed by atoms with Crippen LogP contribution in [-0.4, -0.2) is 63.4 Å². The Kier molecular flexibility index (Phi) is 9.67. The molecule has 0 radical (unpaired) electrons. The third-order valence-electron chi connectivity index (χ3n) is 5.79. The molecule has 1 unspecified atom stereocenters. The van der Waals surface area contributed by atoms with Crippen molar-refractivity contribution in [3.8, 4) is 0 Å². The molecule has 8 nitrogen and oxygen atoms in total. The minimum atomic E-state index is -2.78. The number of rotatable bonds is 11. The average Bonchev–Trinajstić information content (AvgIpc) is 3.18. The van der Waals surface area contributed by atoms with Gasteiger partial charge in [0, 0.05) is 29.9 Å². The van der Waals surface area contributed by atoms with Crippen molar-refractivity contribution < 1.29 is 19.0 Å². The number of alkyl halides is 2. The van der Waals surface area contributed by atoms with E-state index in [4.69, 9.17) is 16.7 Å². The van der Waals surface area contributed by atoms with E-state index in [1.54, 1.807) is 10.8 Å². The minimum absolute atomic E-state index is 0.162. The molecular formula is C24H36F2N6O2S2. The lowest BCUT2D eigenvalue weighted by atomic mass is 9.95. The first-order valence-electron chi connectivity index (χ1n) is 11.8. The van der Waals surface area contributed by atoms with Crippen LogP contribution in [0.3, 0.4) is 0 Å². The van der Waals surface area contributed by atoms with E-state index in [0.29, 0.717) is 29.8 Å². The highest BCUT2D eigenvalue weighted by atomic mass is 33.1. The highest BCUT2D eigenvalue weighted by Crippen LogP contribution is 2.37. The van der Waals surface area contributed by atoms with Crippen molar-refractivity contribution >= 4 is 38.9 Å². The summed E-state index contributed by atoms with van der Waals surface area (Å²) in [6.07, 6.45) is -0.170. The van der Waals surface area contributed by atoms with Gasteiger partial charge in [0.05, 0.1) is 25.8 Å². The number of nitrogens with zero attached hydrogens (tertiary/aromatic N) is 4. The Balaban J connectivity index is 1.80. The summed E-state index contributed by atoms with van der Waals surface area (Å²) in [7, 11) is 3.15. The number of aliphatic hydroxyl groups is 2. The van der Waals surface area contributed by atoms with Crippen LogP contribution in [0.1, 0.15) is 44.1 Å². The Hall–Kier alpha value is -1.86. The zero-order chi connectivity index (χ0) is 26.5. The zero-order valence-electron chi connectivity index (χ0n) is 21.0. The van der Waals surface area contributed by atoms with Crippen LogP contribution in [0.15, 0.2) is 24.3 Å². The van der Waals surface area contributed by atoms with Gasteiger partial charge in [-0.2, -0.15) is 0 Å². The first kappa shape index (κ1) is 28.7. The predicted octanol–water partition coefficient (Wildman–Crippen LogP) is 3.36. The molecule has 0 amide bonds. The zero-order valence-corrected chi connectivity index (χ0v) is 22.6. The molecule has 0 bridgehead atoms. The normalized spacial score (nSPS) is 16.4. The highest BCUT2D eigenvalue weighted by molar-refractivity contribution is 8.76. The Morgan fingerprint density at radius 3 is 2.50 bits per heavy atom. The molecule has 200 valence electrons. The Labute approximate surface area is 219 Å². The van der Waals surface area contributed by atoms with Gasteiger partial charge in [-0.1, -0.05) is 66.6 Å². The number of aromatic nitrogens is 2. The summed E-state index contributed by atoms with van der Waals surface area (Å²) in [6.45, 7) is 5.68. The lowest BCUT2D eigenvalue weighted by molar-refractivity contribution is 0.0257. The molecule has 2 aromatic rings. The summed E-state index contributed by atoms with van der Waals surface area (Å²) in [4.78, 5) is 10.7. The van der Waals surface area contributed by atoms with Gasteiger partial charge in [0.1, 0.15) is 11.5 Å². The molecule has 3 rings (SSSR count). The van der Waals surface area contributed by atoms with E-state index in [1.165, 1.54) is 20.7 Å². The molecule has 0 spiro atoms. The van der Waals surface area contributed by atoms with E-state index in [2.05, 4.69) is 9.97 Å². The molecule has 1 aliphatic rings. The quantitative estimate of drug-likeness (QED) is 0.145. The lowest BCUT2D eigenvalue weighted by Gasteiger charge is -2.28. The molecule has 1 atom stereocenters. The van der Waals surface area contributed by atoms with Crippen molar-refractivity contribution in [1.29, 1.82) is 0 Å². The molecule has 12 heteroatoms. The second-order valence-electron chi connectivity index (χ2n) is 9.98. The van der Waals surface area contributed by atoms with Gasteiger partial charge in [-0.25, -0.2) is 24.6 Å². The maximum atomic E-state index is 14.0. The van der Waals surface area contributed by atoms with Crippen LogP contribution in [0.25, 0.3) is 0 Å². The van der Waals surface area contributed by atoms with Crippen molar-refractivity contribution in [2.45, 2.75) is 57.6 Å². The van der Waals surface area contributed by atoms with Crippen LogP contribution < -0.4 is 21.5 Å². The van der Waals surface area contributed by atoms with E-state index in [1.807, 2.05) is 45.0 Å². The van der Waals surface area contributed by atoms with Gasteiger partial charge in [-0.3, -0.25) is 5.01 Å². The number of halogens is 2. The molecule has 1 aromatic heterocycles. The SMILES string of the molecule is CC(C)(C)c1nc(N(N)Cc2ccccc2CCSSCC(O)CO)c(N)c(N2CCC(F)(F)C2)n1. The first-order chi connectivity index (χ1) is 16.9. The van der Waals surface area contributed by atoms with Crippen molar-refractivity contribution in [2.75, 3.05) is 46.8 Å². The summed E-state index contributed by atoms with van der Waals surface area (Å²) >= 11 is 0. The number of hydrogen-bond donors (Lipinski definition) is 4. The molecule has 1 saturated heterocycles. The minimum Gasteiger partial charge on any atom is -0.394 e. The van der Waals surface area contributed by atoms with Crippen molar-refractivity contribution in [3.05, 3.63) is 41.2 Å². The molecular weight excluding hydrogens is 506 g/mol. The van der Waals surface area contributed by atoms with Crippen LogP contribution in [0, 0.1) is 0 Å². The second kappa shape index (κ2) is 12.1. The van der Waals surface area contributed by atoms with Crippen LogP contribution in [0.4, 0.5) is 26.1 Å². The molecule has 0 aliphatic carbocycles. The number of aryl methyl sites for hydroxylation is 1. The third kappa shape index (κ3) is 7.58. The van der Waals surface area contributed by atoms with Gasteiger partial charge >= 0.3 is 0 Å². The average molecular weight is 543 g/mol. The lowest BCUT2D eigenvalue weighted by Crippen LogP contribution is -2.35. The van der Waals surface area contributed by atoms with E-state index in [9.17, 15) is 13.9 Å². The number of nitrogens with two attached hydrogens (primary N) is 2. The predicted molar refractivity (Wildman–Crippen MR) is 145 cm³/mol. The summed E-state index contributed by atoms with van der Waals surface area (Å²) in [6, 6.07) is 7.94. The smallest absolute Gasteiger partial charge is 0.266 e. The fraction of sp³-hybridized carbons (Fsp3) is 0.583. The van der Waals surface area contributed by atoms with E-state index >= 15 is 0 Å². The standard InChI is InChI=1S/C24H36F2N6O2S2/c1-23(2,3)22-29-20(31-10-9-24(25,26)15-31)19(27)21(30-22)32(28)12-17-7-5-4-6-16(17)8-11-35-36-14-18(34)13-33/h4-7,18,33-34H,8-15,27-28H2,1-3H3. The number of hydrazine groups is 1. The number of hydrogen-bond acceptors (Lipinski definition) is 10. The Morgan fingerprint density at radius 1 is 1.19 bits per heavy atom. The molecule has 1 aliphatic heterocycles. The monoisotopic (exact) mass is 542 g/mol. The van der Waals surface area contributed by atoms with E-state index in [0.717, 1.165) is 23.3 Å². The van der Waals surface area contributed by atoms with Crippen molar-refractivity contribution in [1.82, 2.24) is 9.97 Å². The van der Waals surface area contributed by atoms with Gasteiger partial charge in [0.15, 0.2) is 11.6 Å². The Morgan fingerprint density at radius 2 is 1.89 bits per heavy atom. The summed E-state index contributed by atoms with van der Waals surface area (Å²) in [5.41, 5.74) is 8.31. The topological polar surface area (TPSA) is 125 Å². The van der Waals surface area contributed by atoms with Crippen molar-refractivity contribution in [3.63, 3.8) is 0 Å². The highest BCUT2D eigenvalue weighted by Gasteiger charge is 2.40. The van der Waals surface area contributed by atoms with E-state index in [-0.39, 0.29) is 25.3 Å². The number of anilines is 3. The van der Waals surface area contributed by atoms with Crippen LogP contribution in [-0.2, 0) is 18.4 Å². The maximum Gasteiger partial charge on any atom is 0.266 e. The molecule has 6 N–H and O–H groups in total.